The van der Waals surface area contributed by atoms with Crippen molar-refractivity contribution in [2.24, 2.45) is 5.92 Å². The van der Waals surface area contributed by atoms with Crippen LogP contribution in [0.2, 0.25) is 0 Å². The van der Waals surface area contributed by atoms with Crippen LogP contribution in [0.4, 0.5) is 0 Å². The quantitative estimate of drug-likeness (QED) is 0.518. The average molecular weight is 452 g/mol. The Hall–Kier alpha value is -2.69. The highest BCUT2D eigenvalue weighted by Gasteiger charge is 2.26. The van der Waals surface area contributed by atoms with Gasteiger partial charge in [-0.05, 0) is 56.2 Å². The minimum absolute atomic E-state index is 0.0536. The summed E-state index contributed by atoms with van der Waals surface area (Å²) in [5.74, 6) is 7.43. The zero-order valence-electron chi connectivity index (χ0n) is 18.6. The van der Waals surface area contributed by atoms with E-state index in [1.807, 2.05) is 43.5 Å². The maximum atomic E-state index is 12.7. The van der Waals surface area contributed by atoms with Crippen LogP contribution in [0.5, 0.6) is 5.75 Å². The number of hydrogen-bond acceptors (Lipinski definition) is 5. The van der Waals surface area contributed by atoms with E-state index in [9.17, 15) is 9.59 Å². The number of amides is 1. The first-order valence-electron chi connectivity index (χ1n) is 11.0. The molecule has 32 heavy (non-hydrogen) atoms. The molecule has 168 valence electrons. The lowest BCUT2D eigenvalue weighted by Gasteiger charge is -2.17. The molecular formula is C25H29N3O3S. The fourth-order valence-corrected chi connectivity index (χ4v) is 4.29. The molecule has 1 aliphatic carbocycles. The van der Waals surface area contributed by atoms with Gasteiger partial charge < -0.3 is 14.2 Å². The molecule has 2 fully saturated rings. The van der Waals surface area contributed by atoms with E-state index in [0.29, 0.717) is 30.8 Å². The van der Waals surface area contributed by atoms with E-state index in [1.165, 1.54) is 18.9 Å². The topological polar surface area (TPSA) is 63.6 Å². The highest BCUT2D eigenvalue weighted by atomic mass is 32.2. The second-order valence-corrected chi connectivity index (χ2v) is 9.08. The van der Waals surface area contributed by atoms with E-state index in [1.54, 1.807) is 21.4 Å². The summed E-state index contributed by atoms with van der Waals surface area (Å²) in [6, 6.07) is 11.6. The predicted octanol–water partition coefficient (Wildman–Crippen LogP) is 2.81. The zero-order valence-corrected chi connectivity index (χ0v) is 19.4. The third-order valence-corrected chi connectivity index (χ3v) is 6.36. The lowest BCUT2D eigenvalue weighted by molar-refractivity contribution is -0.132. The first-order valence-corrected chi connectivity index (χ1v) is 12.3. The van der Waals surface area contributed by atoms with Crippen LogP contribution in [0.15, 0.2) is 41.2 Å². The van der Waals surface area contributed by atoms with Crippen LogP contribution in [-0.2, 0) is 11.3 Å². The number of likely N-dealkylation sites (tertiary alicyclic amines) is 1. The molecule has 4 rings (SSSR count). The molecule has 1 saturated heterocycles. The standard InChI is InChI=1S/C25H29N3O3S/c1-18-13-23(31-17-25(30)27-12-11-22(16-27)26-32-2)14-24(29)28(18)15-21-9-7-20(8-10-21)6-5-19-3-4-19/h7-10,13-14,19,22,26H,3-4,11-12,15-17H2,1-2H3. The van der Waals surface area contributed by atoms with Crippen molar-refractivity contribution in [2.75, 3.05) is 26.0 Å². The Kier molecular flexibility index (Phi) is 7.23. The van der Waals surface area contributed by atoms with Crippen molar-refractivity contribution in [1.29, 1.82) is 0 Å². The molecule has 1 amide bonds. The number of nitrogens with zero attached hydrogens (tertiary/aromatic N) is 2. The molecule has 0 bridgehead atoms. The Morgan fingerprint density at radius 2 is 2.00 bits per heavy atom. The van der Waals surface area contributed by atoms with Crippen LogP contribution in [0.25, 0.3) is 0 Å². The molecule has 1 unspecified atom stereocenters. The number of pyridine rings is 1. The maximum Gasteiger partial charge on any atom is 0.260 e. The zero-order chi connectivity index (χ0) is 22.5. The molecule has 2 aromatic rings. The Bertz CT molecular complexity index is 1080. The SMILES string of the molecule is CSNC1CCN(C(=O)COc2cc(C)n(Cc3ccc(C#CC4CC4)cc3)c(=O)c2)C1. The lowest BCUT2D eigenvalue weighted by Crippen LogP contribution is -2.35. The van der Waals surface area contributed by atoms with Gasteiger partial charge in [-0.2, -0.15) is 0 Å². The molecule has 1 aliphatic heterocycles. The monoisotopic (exact) mass is 451 g/mol. The number of ether oxygens (including phenoxy) is 1. The summed E-state index contributed by atoms with van der Waals surface area (Å²) in [4.78, 5) is 26.9. The van der Waals surface area contributed by atoms with E-state index < -0.39 is 0 Å². The van der Waals surface area contributed by atoms with Crippen molar-refractivity contribution in [3.63, 3.8) is 0 Å². The van der Waals surface area contributed by atoms with Gasteiger partial charge in [0.15, 0.2) is 6.61 Å². The first-order chi connectivity index (χ1) is 15.5. The fraction of sp³-hybridized carbons (Fsp3) is 0.440. The summed E-state index contributed by atoms with van der Waals surface area (Å²) in [5.41, 5.74) is 2.70. The Labute approximate surface area is 193 Å². The molecule has 6 nitrogen and oxygen atoms in total. The Morgan fingerprint density at radius 3 is 2.69 bits per heavy atom. The van der Waals surface area contributed by atoms with Crippen molar-refractivity contribution >= 4 is 17.9 Å². The summed E-state index contributed by atoms with van der Waals surface area (Å²) >= 11 is 1.57. The van der Waals surface area contributed by atoms with Gasteiger partial charge >= 0.3 is 0 Å². The normalized spacial score (nSPS) is 17.7. The van der Waals surface area contributed by atoms with Crippen LogP contribution < -0.4 is 15.0 Å². The van der Waals surface area contributed by atoms with Gasteiger partial charge in [-0.3, -0.25) is 14.3 Å². The van der Waals surface area contributed by atoms with E-state index in [4.69, 9.17) is 4.74 Å². The third-order valence-electron chi connectivity index (χ3n) is 5.79. The minimum atomic E-state index is -0.143. The third kappa shape index (κ3) is 5.96. The van der Waals surface area contributed by atoms with E-state index in [0.717, 1.165) is 29.8 Å². The van der Waals surface area contributed by atoms with Crippen molar-refractivity contribution in [3.8, 4) is 17.6 Å². The van der Waals surface area contributed by atoms with Gasteiger partial charge in [0.2, 0.25) is 0 Å². The van der Waals surface area contributed by atoms with Gasteiger partial charge in [-0.1, -0.05) is 35.9 Å². The number of benzene rings is 1. The number of hydrogen-bond donors (Lipinski definition) is 1. The van der Waals surface area contributed by atoms with Crippen LogP contribution in [0.1, 0.15) is 36.1 Å². The van der Waals surface area contributed by atoms with Gasteiger partial charge in [0.25, 0.3) is 11.5 Å². The summed E-state index contributed by atoms with van der Waals surface area (Å²) in [5, 5.41) is 0. The molecule has 1 saturated carbocycles. The van der Waals surface area contributed by atoms with Gasteiger partial charge in [-0.25, -0.2) is 0 Å². The minimum Gasteiger partial charge on any atom is -0.484 e. The molecule has 7 heteroatoms. The van der Waals surface area contributed by atoms with Crippen LogP contribution in [0, 0.1) is 24.7 Å². The molecule has 2 heterocycles. The highest BCUT2D eigenvalue weighted by molar-refractivity contribution is 7.96. The van der Waals surface area contributed by atoms with Gasteiger partial charge in [0.05, 0.1) is 6.54 Å². The van der Waals surface area contributed by atoms with Gasteiger partial charge in [0, 0.05) is 42.4 Å². The lowest BCUT2D eigenvalue weighted by atomic mass is 10.1. The summed E-state index contributed by atoms with van der Waals surface area (Å²) in [6.45, 7) is 3.72. The molecule has 1 N–H and O–H groups in total. The molecule has 0 spiro atoms. The smallest absolute Gasteiger partial charge is 0.260 e. The van der Waals surface area contributed by atoms with Crippen molar-refractivity contribution < 1.29 is 9.53 Å². The fourth-order valence-electron chi connectivity index (χ4n) is 3.76. The number of nitrogens with one attached hydrogen (secondary N) is 1. The highest BCUT2D eigenvalue weighted by Crippen LogP contribution is 2.27. The number of aryl methyl sites for hydroxylation is 1. The Balaban J connectivity index is 1.34. The van der Waals surface area contributed by atoms with Gasteiger partial charge in [-0.15, -0.1) is 0 Å². The van der Waals surface area contributed by atoms with E-state index in [-0.39, 0.29) is 18.1 Å². The van der Waals surface area contributed by atoms with Crippen LogP contribution >= 0.6 is 11.9 Å². The van der Waals surface area contributed by atoms with Gasteiger partial charge in [0.1, 0.15) is 5.75 Å². The largest absolute Gasteiger partial charge is 0.484 e. The molecule has 2 aliphatic rings. The molecule has 1 atom stereocenters. The average Bonchev–Trinajstić information content (AvgIpc) is 3.50. The molecule has 1 aromatic heterocycles. The number of aromatic nitrogens is 1. The van der Waals surface area contributed by atoms with Crippen LogP contribution in [-0.4, -0.2) is 47.4 Å². The molecular weight excluding hydrogens is 422 g/mol. The van der Waals surface area contributed by atoms with Crippen molar-refractivity contribution in [2.45, 2.75) is 38.8 Å². The summed E-state index contributed by atoms with van der Waals surface area (Å²) < 4.78 is 10.7. The number of carbonyl (C=O) groups is 1. The van der Waals surface area contributed by atoms with E-state index in [2.05, 4.69) is 16.6 Å². The molecule has 1 aromatic carbocycles. The Morgan fingerprint density at radius 1 is 1.22 bits per heavy atom. The summed E-state index contributed by atoms with van der Waals surface area (Å²) in [7, 11) is 0. The van der Waals surface area contributed by atoms with Crippen LogP contribution in [0.3, 0.4) is 0 Å². The number of rotatable bonds is 7. The molecule has 0 radical (unpaired) electrons. The maximum absolute atomic E-state index is 12.7. The van der Waals surface area contributed by atoms with Crippen molar-refractivity contribution in [3.05, 3.63) is 63.6 Å². The second-order valence-electron chi connectivity index (χ2n) is 8.43. The first kappa shape index (κ1) is 22.5. The predicted molar refractivity (Wildman–Crippen MR) is 128 cm³/mol. The second kappa shape index (κ2) is 10.3. The summed E-state index contributed by atoms with van der Waals surface area (Å²) in [6.07, 6.45) is 5.36. The van der Waals surface area contributed by atoms with Crippen molar-refractivity contribution in [1.82, 2.24) is 14.2 Å². The number of carbonyl (C=O) groups excluding carboxylic acids is 1. The van der Waals surface area contributed by atoms with E-state index >= 15 is 0 Å².